The summed E-state index contributed by atoms with van der Waals surface area (Å²) < 4.78 is 24.7. The van der Waals surface area contributed by atoms with Gasteiger partial charge in [0.2, 0.25) is 17.7 Å². The van der Waals surface area contributed by atoms with E-state index in [9.17, 15) is 18.8 Å². The number of amides is 3. The molecule has 4 aromatic carbocycles. The van der Waals surface area contributed by atoms with Crippen molar-refractivity contribution in [1.29, 1.82) is 5.41 Å². The van der Waals surface area contributed by atoms with Crippen LogP contribution in [0.15, 0.2) is 103 Å². The molecule has 0 saturated heterocycles. The summed E-state index contributed by atoms with van der Waals surface area (Å²) in [6.45, 7) is -0.0530. The molecule has 3 amide bonds. The molecule has 4 aromatic rings. The maximum absolute atomic E-state index is 14.6. The number of carbonyl (C=O) groups is 3. The van der Waals surface area contributed by atoms with Crippen LogP contribution < -0.4 is 36.9 Å². The second kappa shape index (κ2) is 18.3. The molecule has 52 heavy (non-hydrogen) atoms. The third-order valence-corrected chi connectivity index (χ3v) is 8.68. The van der Waals surface area contributed by atoms with Crippen LogP contribution in [0.25, 0.3) is 0 Å². The summed E-state index contributed by atoms with van der Waals surface area (Å²) >= 11 is 0. The first-order chi connectivity index (χ1) is 25.0. The SMILES string of the molecule is COc1ccc(C(N[C@H](CCCNC(=N)N)C(=O)N[C@@H](Cc2ccc(F)cc2)C(=O)N(C)CC(N)=O)(c2ccccc2)c2ccc(OC)cc2)cc1. The Labute approximate surface area is 303 Å². The minimum atomic E-state index is -1.13. The molecular weight excluding hydrogens is 665 g/mol. The third kappa shape index (κ3) is 10.1. The molecule has 0 fully saturated rings. The van der Waals surface area contributed by atoms with Gasteiger partial charge in [0.05, 0.1) is 32.3 Å². The zero-order chi connectivity index (χ0) is 37.7. The number of nitrogens with zero attached hydrogens (tertiary/aromatic N) is 1. The highest BCUT2D eigenvalue weighted by Gasteiger charge is 2.40. The standard InChI is InChI=1S/C39H46FN7O5/c1-47(25-35(41)48)37(50)34(24-26-11-17-30(40)18-12-26)45-36(49)33(10-7-23-44-38(42)43)46-39(27-8-5-4-6-9-27,28-13-19-31(51-2)20-14-28)29-15-21-32(52-3)22-16-29/h4-6,8-9,11-22,33-34,46H,7,10,23-25H2,1-3H3,(H2,41,48)(H,45,49)(H4,42,43,44)/t33-,34+/m1/s1. The van der Waals surface area contributed by atoms with Crippen molar-refractivity contribution in [1.82, 2.24) is 20.9 Å². The van der Waals surface area contributed by atoms with E-state index < -0.39 is 41.2 Å². The number of nitrogens with one attached hydrogen (secondary N) is 4. The van der Waals surface area contributed by atoms with E-state index in [4.69, 9.17) is 26.4 Å². The molecule has 0 aliphatic carbocycles. The van der Waals surface area contributed by atoms with Gasteiger partial charge in [-0.15, -0.1) is 0 Å². The molecule has 0 aromatic heterocycles. The fourth-order valence-corrected chi connectivity index (χ4v) is 6.09. The largest absolute Gasteiger partial charge is 0.497 e. The number of hydrogen-bond donors (Lipinski definition) is 6. The molecular formula is C39H46FN7O5. The van der Waals surface area contributed by atoms with Gasteiger partial charge in [0.15, 0.2) is 5.96 Å². The Morgan fingerprint density at radius 1 is 0.808 bits per heavy atom. The summed E-state index contributed by atoms with van der Waals surface area (Å²) in [6.07, 6.45) is 0.688. The molecule has 0 saturated carbocycles. The third-order valence-electron chi connectivity index (χ3n) is 8.68. The Bertz CT molecular complexity index is 1740. The summed E-state index contributed by atoms with van der Waals surface area (Å²) in [7, 11) is 4.59. The van der Waals surface area contributed by atoms with Gasteiger partial charge < -0.3 is 36.5 Å². The summed E-state index contributed by atoms with van der Waals surface area (Å²) in [5.74, 6) is -1.12. The van der Waals surface area contributed by atoms with Crippen LogP contribution in [0.3, 0.4) is 0 Å². The minimum Gasteiger partial charge on any atom is -0.497 e. The lowest BCUT2D eigenvalue weighted by molar-refractivity contribution is -0.138. The van der Waals surface area contributed by atoms with Crippen LogP contribution in [-0.2, 0) is 26.3 Å². The summed E-state index contributed by atoms with van der Waals surface area (Å²) in [5.41, 5.74) is 12.8. The zero-order valence-electron chi connectivity index (χ0n) is 29.5. The van der Waals surface area contributed by atoms with Gasteiger partial charge in [-0.25, -0.2) is 4.39 Å². The van der Waals surface area contributed by atoms with E-state index in [1.54, 1.807) is 14.2 Å². The Kier molecular flexibility index (Phi) is 13.7. The van der Waals surface area contributed by atoms with Gasteiger partial charge in [0.25, 0.3) is 0 Å². The molecule has 8 N–H and O–H groups in total. The number of guanidine groups is 1. The average molecular weight is 712 g/mol. The van der Waals surface area contributed by atoms with E-state index in [-0.39, 0.29) is 25.3 Å². The lowest BCUT2D eigenvalue weighted by Crippen LogP contribution is -2.58. The highest BCUT2D eigenvalue weighted by molar-refractivity contribution is 5.92. The first-order valence-electron chi connectivity index (χ1n) is 16.7. The Balaban J connectivity index is 1.84. The number of methoxy groups -OCH3 is 2. The molecule has 4 rings (SSSR count). The molecule has 0 radical (unpaired) electrons. The number of nitrogens with two attached hydrogens (primary N) is 2. The van der Waals surface area contributed by atoms with E-state index in [1.807, 2.05) is 78.9 Å². The number of benzene rings is 4. The fourth-order valence-electron chi connectivity index (χ4n) is 6.09. The van der Waals surface area contributed by atoms with Gasteiger partial charge in [-0.1, -0.05) is 66.7 Å². The minimum absolute atomic E-state index is 0.0212. The van der Waals surface area contributed by atoms with Crippen molar-refractivity contribution in [2.45, 2.75) is 36.9 Å². The van der Waals surface area contributed by atoms with Crippen molar-refractivity contribution >= 4 is 23.7 Å². The second-order valence-electron chi connectivity index (χ2n) is 12.3. The summed E-state index contributed by atoms with van der Waals surface area (Å²) in [4.78, 5) is 41.3. The van der Waals surface area contributed by atoms with Gasteiger partial charge in [-0.3, -0.25) is 25.1 Å². The van der Waals surface area contributed by atoms with Crippen LogP contribution in [-0.4, -0.2) is 75.0 Å². The van der Waals surface area contributed by atoms with Crippen LogP contribution >= 0.6 is 0 Å². The molecule has 0 aliphatic rings. The Morgan fingerprint density at radius 2 is 1.35 bits per heavy atom. The number of rotatable bonds is 18. The van der Waals surface area contributed by atoms with Crippen molar-refractivity contribution in [3.05, 3.63) is 131 Å². The second-order valence-corrected chi connectivity index (χ2v) is 12.3. The molecule has 274 valence electrons. The number of halogens is 1. The topological polar surface area (TPSA) is 185 Å². The molecule has 2 atom stereocenters. The molecule has 0 spiro atoms. The summed E-state index contributed by atoms with van der Waals surface area (Å²) in [6, 6.07) is 28.3. The van der Waals surface area contributed by atoms with Crippen molar-refractivity contribution < 1.29 is 28.2 Å². The van der Waals surface area contributed by atoms with Crippen molar-refractivity contribution in [2.75, 3.05) is 34.4 Å². The number of hydrogen-bond acceptors (Lipinski definition) is 7. The first-order valence-corrected chi connectivity index (χ1v) is 16.7. The van der Waals surface area contributed by atoms with Gasteiger partial charge in [0.1, 0.15) is 23.4 Å². The quantitative estimate of drug-likeness (QED) is 0.0394. The summed E-state index contributed by atoms with van der Waals surface area (Å²) in [5, 5.41) is 17.0. The van der Waals surface area contributed by atoms with Gasteiger partial charge in [0, 0.05) is 20.0 Å². The first kappa shape index (κ1) is 38.8. The highest BCUT2D eigenvalue weighted by Crippen LogP contribution is 2.39. The predicted molar refractivity (Wildman–Crippen MR) is 197 cm³/mol. The predicted octanol–water partition coefficient (Wildman–Crippen LogP) is 3.03. The molecule has 0 aliphatic heterocycles. The Hall–Kier alpha value is -5.95. The van der Waals surface area contributed by atoms with E-state index >= 15 is 0 Å². The van der Waals surface area contributed by atoms with E-state index in [1.165, 1.54) is 31.3 Å². The molecule has 0 heterocycles. The highest BCUT2D eigenvalue weighted by atomic mass is 19.1. The normalized spacial score (nSPS) is 12.2. The van der Waals surface area contributed by atoms with Crippen LogP contribution in [0.5, 0.6) is 11.5 Å². The van der Waals surface area contributed by atoms with Gasteiger partial charge in [-0.05, 0) is 71.5 Å². The fraction of sp³-hybridized carbons (Fsp3) is 0.282. The van der Waals surface area contributed by atoms with Crippen molar-refractivity contribution in [3.63, 3.8) is 0 Å². The number of ether oxygens (including phenoxy) is 2. The molecule has 0 bridgehead atoms. The maximum Gasteiger partial charge on any atom is 0.245 e. The monoisotopic (exact) mass is 711 g/mol. The van der Waals surface area contributed by atoms with Crippen LogP contribution in [0.4, 0.5) is 4.39 Å². The van der Waals surface area contributed by atoms with Crippen LogP contribution in [0.1, 0.15) is 35.1 Å². The lowest BCUT2D eigenvalue weighted by Gasteiger charge is -2.40. The van der Waals surface area contributed by atoms with Crippen molar-refractivity contribution in [3.8, 4) is 11.5 Å². The number of primary amides is 1. The van der Waals surface area contributed by atoms with Crippen LogP contribution in [0.2, 0.25) is 0 Å². The average Bonchev–Trinajstić information content (AvgIpc) is 3.15. The Morgan fingerprint density at radius 3 is 1.85 bits per heavy atom. The van der Waals surface area contributed by atoms with E-state index in [0.29, 0.717) is 30.0 Å². The number of carbonyl (C=O) groups excluding carboxylic acids is 3. The van der Waals surface area contributed by atoms with Crippen molar-refractivity contribution in [2.24, 2.45) is 11.5 Å². The van der Waals surface area contributed by atoms with Gasteiger partial charge >= 0.3 is 0 Å². The number of likely N-dealkylation sites (N-methyl/N-ethyl adjacent to an activating group) is 1. The zero-order valence-corrected chi connectivity index (χ0v) is 29.5. The van der Waals surface area contributed by atoms with Gasteiger partial charge in [-0.2, -0.15) is 0 Å². The molecule has 13 heteroatoms. The van der Waals surface area contributed by atoms with E-state index in [2.05, 4.69) is 16.0 Å². The molecule has 0 unspecified atom stereocenters. The smallest absolute Gasteiger partial charge is 0.245 e. The molecule has 12 nitrogen and oxygen atoms in total. The van der Waals surface area contributed by atoms with Crippen LogP contribution in [0, 0.1) is 11.2 Å². The lowest BCUT2D eigenvalue weighted by atomic mass is 9.76. The van der Waals surface area contributed by atoms with E-state index in [0.717, 1.165) is 21.6 Å². The maximum atomic E-state index is 14.6.